The first-order valence-corrected chi connectivity index (χ1v) is 9.80. The van der Waals surface area contributed by atoms with Crippen LogP contribution in [0.3, 0.4) is 0 Å². The Bertz CT molecular complexity index is 906. The number of aliphatic carboxylic acids is 1. The van der Waals surface area contributed by atoms with Gasteiger partial charge < -0.3 is 19.1 Å². The van der Waals surface area contributed by atoms with E-state index in [0.29, 0.717) is 60.4 Å². The van der Waals surface area contributed by atoms with Gasteiger partial charge in [0.1, 0.15) is 5.75 Å². The summed E-state index contributed by atoms with van der Waals surface area (Å²) in [5.41, 5.74) is -0.736. The van der Waals surface area contributed by atoms with Crippen molar-refractivity contribution in [2.24, 2.45) is 0 Å². The van der Waals surface area contributed by atoms with E-state index in [1.807, 2.05) is 0 Å². The molecular weight excluding hydrogens is 405 g/mol. The Morgan fingerprint density at radius 2 is 2.11 bits per heavy atom. The van der Waals surface area contributed by atoms with Crippen molar-refractivity contribution in [3.05, 3.63) is 62.5 Å². The van der Waals surface area contributed by atoms with E-state index in [4.69, 9.17) is 32.7 Å². The molecule has 1 aromatic carbocycles. The van der Waals surface area contributed by atoms with Crippen LogP contribution in [0.4, 0.5) is 0 Å². The highest BCUT2D eigenvalue weighted by molar-refractivity contribution is 6.35. The smallest absolute Gasteiger partial charge is 0.336 e. The van der Waals surface area contributed by atoms with Crippen molar-refractivity contribution >= 4 is 29.2 Å². The molecule has 3 rings (SSSR count). The van der Waals surface area contributed by atoms with Crippen molar-refractivity contribution in [2.45, 2.75) is 37.8 Å². The third-order valence-corrected chi connectivity index (χ3v) is 5.27. The summed E-state index contributed by atoms with van der Waals surface area (Å²) in [4.78, 5) is 23.9. The quantitative estimate of drug-likeness (QED) is 0.650. The molecule has 0 saturated carbocycles. The Morgan fingerprint density at radius 3 is 2.75 bits per heavy atom. The number of hydrogen-bond acceptors (Lipinski definition) is 4. The number of ether oxygens (including phenoxy) is 2. The number of benzene rings is 1. The van der Waals surface area contributed by atoms with Crippen molar-refractivity contribution in [3.63, 3.8) is 0 Å². The average Bonchev–Trinajstić information content (AvgIpc) is 3.11. The lowest BCUT2D eigenvalue weighted by Gasteiger charge is -2.23. The highest BCUT2D eigenvalue weighted by atomic mass is 35.5. The number of halogens is 2. The Labute approximate surface area is 172 Å². The first-order valence-electron chi connectivity index (χ1n) is 9.04. The largest absolute Gasteiger partial charge is 0.492 e. The molecule has 1 atom stereocenters. The van der Waals surface area contributed by atoms with Crippen LogP contribution in [0.1, 0.15) is 24.8 Å². The highest BCUT2D eigenvalue weighted by Crippen LogP contribution is 2.30. The molecular formula is C20H21Cl2NO5. The molecule has 1 N–H and O–H groups in total. The van der Waals surface area contributed by atoms with Gasteiger partial charge in [0.15, 0.2) is 5.60 Å². The minimum Gasteiger partial charge on any atom is -0.492 e. The SMILES string of the molecule is O=C(O)C1(Cc2ccn(CCCOc3ccc(Cl)cc3Cl)c(=O)c2)CCCO1. The van der Waals surface area contributed by atoms with Crippen LogP contribution in [0.2, 0.25) is 10.0 Å². The highest BCUT2D eigenvalue weighted by Gasteiger charge is 2.42. The molecule has 1 aliphatic rings. The van der Waals surface area contributed by atoms with Crippen LogP contribution in [-0.4, -0.2) is 34.5 Å². The summed E-state index contributed by atoms with van der Waals surface area (Å²) in [5, 5.41) is 10.5. The van der Waals surface area contributed by atoms with Gasteiger partial charge in [-0.25, -0.2) is 4.79 Å². The van der Waals surface area contributed by atoms with E-state index in [1.54, 1.807) is 35.0 Å². The molecule has 2 aromatic rings. The zero-order valence-electron chi connectivity index (χ0n) is 15.2. The van der Waals surface area contributed by atoms with Gasteiger partial charge >= 0.3 is 5.97 Å². The van der Waals surface area contributed by atoms with Crippen LogP contribution >= 0.6 is 23.2 Å². The second-order valence-corrected chi connectivity index (χ2v) is 7.62. The van der Waals surface area contributed by atoms with Crippen molar-refractivity contribution in [1.82, 2.24) is 4.57 Å². The molecule has 8 heteroatoms. The number of carboxylic acids is 1. The molecule has 0 aliphatic carbocycles. The van der Waals surface area contributed by atoms with Gasteiger partial charge in [-0.3, -0.25) is 4.79 Å². The summed E-state index contributed by atoms with van der Waals surface area (Å²) in [5.74, 6) is -0.434. The maximum absolute atomic E-state index is 12.3. The molecule has 0 amide bonds. The fourth-order valence-electron chi connectivity index (χ4n) is 3.26. The molecule has 1 unspecified atom stereocenters. The van der Waals surface area contributed by atoms with E-state index in [2.05, 4.69) is 0 Å². The third-order valence-electron chi connectivity index (χ3n) is 4.74. The van der Waals surface area contributed by atoms with Gasteiger partial charge in [0.05, 0.1) is 11.6 Å². The second-order valence-electron chi connectivity index (χ2n) is 6.77. The van der Waals surface area contributed by atoms with E-state index in [9.17, 15) is 14.7 Å². The van der Waals surface area contributed by atoms with Crippen LogP contribution in [-0.2, 0) is 22.5 Å². The van der Waals surface area contributed by atoms with E-state index < -0.39 is 11.6 Å². The lowest BCUT2D eigenvalue weighted by atomic mass is 9.92. The summed E-state index contributed by atoms with van der Waals surface area (Å²) in [6.07, 6.45) is 3.64. The summed E-state index contributed by atoms with van der Waals surface area (Å²) in [6, 6.07) is 8.26. The molecule has 28 heavy (non-hydrogen) atoms. The fourth-order valence-corrected chi connectivity index (χ4v) is 3.73. The van der Waals surface area contributed by atoms with Gasteiger partial charge in [0.2, 0.25) is 0 Å². The normalized spacial score (nSPS) is 18.9. The maximum atomic E-state index is 12.3. The number of carboxylic acid groups (broad SMARTS) is 1. The Morgan fingerprint density at radius 1 is 1.29 bits per heavy atom. The van der Waals surface area contributed by atoms with Gasteiger partial charge in [-0.2, -0.15) is 0 Å². The third kappa shape index (κ3) is 4.87. The molecule has 0 bridgehead atoms. The summed E-state index contributed by atoms with van der Waals surface area (Å²) in [7, 11) is 0. The fraction of sp³-hybridized carbons (Fsp3) is 0.400. The lowest BCUT2D eigenvalue weighted by molar-refractivity contribution is -0.159. The average molecular weight is 426 g/mol. The first kappa shape index (κ1) is 20.7. The number of pyridine rings is 1. The number of rotatable bonds is 8. The standard InChI is InChI=1S/C20H21Cl2NO5/c21-15-3-4-17(16(22)12-15)27-9-2-7-23-8-5-14(11-18(23)24)13-20(19(25)26)6-1-10-28-20/h3-5,8,11-12H,1-2,6-7,9-10,13H2,(H,25,26). The Balaban J connectivity index is 1.55. The molecule has 150 valence electrons. The number of hydrogen-bond donors (Lipinski definition) is 1. The van der Waals surface area contributed by atoms with E-state index in [0.717, 1.165) is 0 Å². The summed E-state index contributed by atoms with van der Waals surface area (Å²) < 4.78 is 12.7. The van der Waals surface area contributed by atoms with Crippen LogP contribution < -0.4 is 10.3 Å². The molecule has 0 spiro atoms. The monoisotopic (exact) mass is 425 g/mol. The number of nitrogens with zero attached hydrogens (tertiary/aromatic N) is 1. The maximum Gasteiger partial charge on any atom is 0.336 e. The van der Waals surface area contributed by atoms with Crippen molar-refractivity contribution < 1.29 is 19.4 Å². The van der Waals surface area contributed by atoms with Crippen molar-refractivity contribution in [3.8, 4) is 5.75 Å². The van der Waals surface area contributed by atoms with E-state index in [1.165, 1.54) is 6.07 Å². The Kier molecular flexibility index (Phi) is 6.65. The summed E-state index contributed by atoms with van der Waals surface area (Å²) in [6.45, 7) is 1.30. The lowest BCUT2D eigenvalue weighted by Crippen LogP contribution is -2.40. The van der Waals surface area contributed by atoms with Crippen LogP contribution in [0.25, 0.3) is 0 Å². The van der Waals surface area contributed by atoms with Crippen LogP contribution in [0, 0.1) is 0 Å². The predicted octanol–water partition coefficient (Wildman–Crippen LogP) is 3.80. The van der Waals surface area contributed by atoms with Gasteiger partial charge in [-0.1, -0.05) is 23.2 Å². The molecule has 6 nitrogen and oxygen atoms in total. The minimum atomic E-state index is -1.22. The van der Waals surface area contributed by atoms with E-state index >= 15 is 0 Å². The van der Waals surface area contributed by atoms with Gasteiger partial charge in [-0.05, 0) is 49.1 Å². The second kappa shape index (κ2) is 8.99. The van der Waals surface area contributed by atoms with Crippen LogP contribution in [0.5, 0.6) is 5.75 Å². The van der Waals surface area contributed by atoms with E-state index in [-0.39, 0.29) is 12.0 Å². The van der Waals surface area contributed by atoms with Crippen molar-refractivity contribution in [1.29, 1.82) is 0 Å². The summed E-state index contributed by atoms with van der Waals surface area (Å²) >= 11 is 11.9. The minimum absolute atomic E-state index is 0.180. The topological polar surface area (TPSA) is 77.8 Å². The zero-order valence-corrected chi connectivity index (χ0v) is 16.7. The van der Waals surface area contributed by atoms with Crippen molar-refractivity contribution in [2.75, 3.05) is 13.2 Å². The zero-order chi connectivity index (χ0) is 20.1. The predicted molar refractivity (Wildman–Crippen MR) is 107 cm³/mol. The molecule has 0 radical (unpaired) electrons. The van der Waals surface area contributed by atoms with Crippen LogP contribution in [0.15, 0.2) is 41.3 Å². The Hall–Kier alpha value is -2.02. The first-order chi connectivity index (χ1) is 13.4. The molecule has 2 heterocycles. The number of aromatic nitrogens is 1. The van der Waals surface area contributed by atoms with Gasteiger partial charge in [0, 0.05) is 36.9 Å². The molecule has 1 aromatic heterocycles. The number of carbonyl (C=O) groups is 1. The molecule has 1 fully saturated rings. The van der Waals surface area contributed by atoms with Gasteiger partial charge in [0.25, 0.3) is 5.56 Å². The number of aryl methyl sites for hydroxylation is 1. The molecule has 1 saturated heterocycles. The van der Waals surface area contributed by atoms with Gasteiger partial charge in [-0.15, -0.1) is 0 Å². The molecule has 1 aliphatic heterocycles.